The minimum Gasteiger partial charge on any atom is -0.497 e. The van der Waals surface area contributed by atoms with E-state index in [9.17, 15) is 4.79 Å². The number of benzene rings is 1. The number of carbonyl (C=O) groups is 1. The lowest BCUT2D eigenvalue weighted by Gasteiger charge is -2.23. The fourth-order valence-electron chi connectivity index (χ4n) is 3.02. The minimum absolute atomic E-state index is 0.272. The Hall–Kier alpha value is -1.77. The molecule has 1 fully saturated rings. The quantitative estimate of drug-likeness (QED) is 0.832. The van der Waals surface area contributed by atoms with Gasteiger partial charge in [0.05, 0.1) is 13.7 Å². The molecule has 1 heterocycles. The van der Waals surface area contributed by atoms with Crippen LogP contribution in [0.1, 0.15) is 31.2 Å². The maximum absolute atomic E-state index is 12.1. The molecule has 3 heteroatoms. The highest BCUT2D eigenvalue weighted by Crippen LogP contribution is 2.37. The molecular formula is C16H19NO2. The Bertz CT molecular complexity index is 504. The number of fused-ring (bicyclic) bond motifs is 1. The zero-order chi connectivity index (χ0) is 13.2. The van der Waals surface area contributed by atoms with Crippen molar-refractivity contribution >= 4 is 5.91 Å². The summed E-state index contributed by atoms with van der Waals surface area (Å²) in [6, 6.07) is 7.96. The molecule has 0 radical (unpaired) electrons. The van der Waals surface area contributed by atoms with E-state index < -0.39 is 0 Å². The second-order valence-electron chi connectivity index (χ2n) is 5.29. The maximum atomic E-state index is 12.1. The summed E-state index contributed by atoms with van der Waals surface area (Å²) in [7, 11) is 1.66. The molecule has 3 nitrogen and oxygen atoms in total. The lowest BCUT2D eigenvalue weighted by molar-refractivity contribution is -0.127. The highest BCUT2D eigenvalue weighted by molar-refractivity contribution is 5.82. The van der Waals surface area contributed by atoms with Crippen molar-refractivity contribution in [2.75, 3.05) is 7.11 Å². The van der Waals surface area contributed by atoms with E-state index in [1.165, 1.54) is 12.1 Å². The van der Waals surface area contributed by atoms with Crippen LogP contribution in [0, 0.1) is 5.92 Å². The van der Waals surface area contributed by atoms with E-state index in [-0.39, 0.29) is 5.91 Å². The summed E-state index contributed by atoms with van der Waals surface area (Å²) in [5.74, 6) is 1.60. The van der Waals surface area contributed by atoms with Crippen LogP contribution in [0.15, 0.2) is 36.0 Å². The van der Waals surface area contributed by atoms with Gasteiger partial charge in [0.1, 0.15) is 5.75 Å². The molecule has 0 saturated carbocycles. The third kappa shape index (κ3) is 2.37. The van der Waals surface area contributed by atoms with Gasteiger partial charge < -0.3 is 9.64 Å². The van der Waals surface area contributed by atoms with Crippen LogP contribution in [0.3, 0.4) is 0 Å². The molecule has 1 aromatic carbocycles. The van der Waals surface area contributed by atoms with Gasteiger partial charge in [-0.15, -0.1) is 0 Å². The van der Waals surface area contributed by atoms with Crippen molar-refractivity contribution < 1.29 is 9.53 Å². The summed E-state index contributed by atoms with van der Waals surface area (Å²) in [4.78, 5) is 14.1. The number of amides is 1. The Morgan fingerprint density at radius 1 is 1.32 bits per heavy atom. The second-order valence-corrected chi connectivity index (χ2v) is 5.29. The molecule has 0 N–H and O–H groups in total. The Morgan fingerprint density at radius 2 is 2.11 bits per heavy atom. The number of nitrogens with zero attached hydrogens (tertiary/aromatic N) is 1. The predicted molar refractivity (Wildman–Crippen MR) is 73.6 cm³/mol. The molecule has 3 rings (SSSR count). The first-order chi connectivity index (χ1) is 9.28. The van der Waals surface area contributed by atoms with Crippen LogP contribution in [0.25, 0.3) is 0 Å². The Balaban J connectivity index is 1.77. The molecule has 1 aromatic rings. The van der Waals surface area contributed by atoms with E-state index in [4.69, 9.17) is 4.74 Å². The van der Waals surface area contributed by atoms with Gasteiger partial charge in [-0.05, 0) is 37.0 Å². The summed E-state index contributed by atoms with van der Waals surface area (Å²) in [6.45, 7) is 0.686. The van der Waals surface area contributed by atoms with Crippen LogP contribution in [-0.4, -0.2) is 17.9 Å². The summed E-state index contributed by atoms with van der Waals surface area (Å²) in [5.41, 5.74) is 2.41. The molecule has 0 aromatic heterocycles. The van der Waals surface area contributed by atoms with Crippen molar-refractivity contribution in [1.82, 2.24) is 4.90 Å². The molecule has 1 aliphatic carbocycles. The first-order valence-corrected chi connectivity index (χ1v) is 6.91. The van der Waals surface area contributed by atoms with Crippen LogP contribution in [0.5, 0.6) is 5.75 Å². The molecule has 1 unspecified atom stereocenters. The highest BCUT2D eigenvalue weighted by atomic mass is 16.5. The SMILES string of the molecule is COc1ccc(CN2C(=O)CC3CCCC=C32)cc1. The molecule has 2 aliphatic rings. The molecular weight excluding hydrogens is 238 g/mol. The number of methoxy groups -OCH3 is 1. The number of hydrogen-bond donors (Lipinski definition) is 0. The van der Waals surface area contributed by atoms with Gasteiger partial charge in [0.15, 0.2) is 0 Å². The summed E-state index contributed by atoms with van der Waals surface area (Å²) < 4.78 is 5.15. The summed E-state index contributed by atoms with van der Waals surface area (Å²) >= 11 is 0. The topological polar surface area (TPSA) is 29.5 Å². The van der Waals surface area contributed by atoms with Gasteiger partial charge in [-0.3, -0.25) is 4.79 Å². The number of ether oxygens (including phenoxy) is 1. The van der Waals surface area contributed by atoms with Gasteiger partial charge in [-0.25, -0.2) is 0 Å². The fourth-order valence-corrected chi connectivity index (χ4v) is 3.02. The molecule has 1 amide bonds. The second kappa shape index (κ2) is 5.08. The molecule has 1 atom stereocenters. The normalized spacial score (nSPS) is 22.2. The standard InChI is InChI=1S/C16H19NO2/c1-19-14-8-6-12(7-9-14)11-17-15-5-3-2-4-13(15)10-16(17)18/h5-9,13H,2-4,10-11H2,1H3. The first kappa shape index (κ1) is 12.3. The van der Waals surface area contributed by atoms with Crippen molar-refractivity contribution in [3.63, 3.8) is 0 Å². The molecule has 100 valence electrons. The van der Waals surface area contributed by atoms with Gasteiger partial charge in [0.2, 0.25) is 5.91 Å². The van der Waals surface area contributed by atoms with Crippen molar-refractivity contribution in [1.29, 1.82) is 0 Å². The van der Waals surface area contributed by atoms with Crippen LogP contribution >= 0.6 is 0 Å². The first-order valence-electron chi connectivity index (χ1n) is 6.91. The van der Waals surface area contributed by atoms with Gasteiger partial charge in [0, 0.05) is 18.0 Å². The molecule has 0 bridgehead atoms. The zero-order valence-electron chi connectivity index (χ0n) is 11.3. The van der Waals surface area contributed by atoms with Crippen LogP contribution in [0.2, 0.25) is 0 Å². The molecule has 1 aliphatic heterocycles. The molecule has 0 spiro atoms. The average molecular weight is 257 g/mol. The minimum atomic E-state index is 0.272. The molecule has 19 heavy (non-hydrogen) atoms. The lowest BCUT2D eigenvalue weighted by atomic mass is 9.92. The van der Waals surface area contributed by atoms with Gasteiger partial charge in [0.25, 0.3) is 0 Å². The maximum Gasteiger partial charge on any atom is 0.227 e. The van der Waals surface area contributed by atoms with Crippen molar-refractivity contribution in [2.45, 2.75) is 32.2 Å². The van der Waals surface area contributed by atoms with E-state index >= 15 is 0 Å². The van der Waals surface area contributed by atoms with Gasteiger partial charge in [-0.2, -0.15) is 0 Å². The smallest absolute Gasteiger partial charge is 0.227 e. The third-order valence-electron chi connectivity index (χ3n) is 4.06. The zero-order valence-corrected chi connectivity index (χ0v) is 11.3. The van der Waals surface area contributed by atoms with E-state index in [1.807, 2.05) is 29.2 Å². The Kier molecular flexibility index (Phi) is 3.28. The van der Waals surface area contributed by atoms with E-state index in [1.54, 1.807) is 7.11 Å². The highest BCUT2D eigenvalue weighted by Gasteiger charge is 2.35. The van der Waals surface area contributed by atoms with E-state index in [0.29, 0.717) is 18.9 Å². The van der Waals surface area contributed by atoms with Crippen LogP contribution < -0.4 is 4.74 Å². The Labute approximate surface area is 113 Å². The Morgan fingerprint density at radius 3 is 2.84 bits per heavy atom. The lowest BCUT2D eigenvalue weighted by Crippen LogP contribution is -2.23. The number of allylic oxidation sites excluding steroid dienone is 2. The predicted octanol–water partition coefficient (Wildman–Crippen LogP) is 3.11. The number of carbonyl (C=O) groups excluding carboxylic acids is 1. The van der Waals surface area contributed by atoms with Crippen molar-refractivity contribution in [3.8, 4) is 5.75 Å². The molecule has 1 saturated heterocycles. The fraction of sp³-hybridized carbons (Fsp3) is 0.438. The number of hydrogen-bond acceptors (Lipinski definition) is 2. The van der Waals surface area contributed by atoms with E-state index in [2.05, 4.69) is 6.08 Å². The van der Waals surface area contributed by atoms with Gasteiger partial charge in [-0.1, -0.05) is 18.2 Å². The van der Waals surface area contributed by atoms with Crippen molar-refractivity contribution in [2.24, 2.45) is 5.92 Å². The van der Waals surface area contributed by atoms with E-state index in [0.717, 1.165) is 24.2 Å². The summed E-state index contributed by atoms with van der Waals surface area (Å²) in [5, 5.41) is 0. The summed E-state index contributed by atoms with van der Waals surface area (Å²) in [6.07, 6.45) is 6.44. The number of likely N-dealkylation sites (tertiary alicyclic amines) is 1. The largest absolute Gasteiger partial charge is 0.497 e. The van der Waals surface area contributed by atoms with Gasteiger partial charge >= 0.3 is 0 Å². The van der Waals surface area contributed by atoms with Crippen LogP contribution in [-0.2, 0) is 11.3 Å². The van der Waals surface area contributed by atoms with Crippen molar-refractivity contribution in [3.05, 3.63) is 41.6 Å². The van der Waals surface area contributed by atoms with Crippen LogP contribution in [0.4, 0.5) is 0 Å². The average Bonchev–Trinajstić information content (AvgIpc) is 2.76. The number of rotatable bonds is 3. The monoisotopic (exact) mass is 257 g/mol. The third-order valence-corrected chi connectivity index (χ3v) is 4.06.